The second-order valence-electron chi connectivity index (χ2n) is 4.03. The molecule has 1 amide bonds. The van der Waals surface area contributed by atoms with Gasteiger partial charge in [0, 0.05) is 27.6 Å². The Labute approximate surface area is 117 Å². The van der Waals surface area contributed by atoms with Crippen molar-refractivity contribution in [2.75, 3.05) is 12.3 Å². The molecule has 3 nitrogen and oxygen atoms in total. The van der Waals surface area contributed by atoms with Crippen molar-refractivity contribution in [1.82, 2.24) is 5.32 Å². The number of hydrogen-bond acceptors (Lipinski definition) is 3. The molecule has 0 aliphatic carbocycles. The highest BCUT2D eigenvalue weighted by atomic mass is 32.2. The average molecular weight is 272 g/mol. The molecule has 0 aliphatic heterocycles. The number of nitrogens with two attached hydrogens (primary N) is 1. The topological polar surface area (TPSA) is 55.1 Å². The average Bonchev–Trinajstić information content (AvgIpc) is 2.42. The van der Waals surface area contributed by atoms with Crippen molar-refractivity contribution < 1.29 is 4.79 Å². The third kappa shape index (κ3) is 3.51. The SMILES string of the molecule is CCNC(=O)c1ccc(Sc2ccccc2)c(N)c1. The maximum atomic E-state index is 11.7. The largest absolute Gasteiger partial charge is 0.398 e. The van der Waals surface area contributed by atoms with Crippen LogP contribution in [-0.2, 0) is 0 Å². The van der Waals surface area contributed by atoms with Crippen molar-refractivity contribution >= 4 is 23.4 Å². The second-order valence-corrected chi connectivity index (χ2v) is 5.14. The molecule has 2 rings (SSSR count). The summed E-state index contributed by atoms with van der Waals surface area (Å²) in [6, 6.07) is 15.4. The lowest BCUT2D eigenvalue weighted by Gasteiger charge is -2.08. The Morgan fingerprint density at radius 1 is 1.21 bits per heavy atom. The summed E-state index contributed by atoms with van der Waals surface area (Å²) in [7, 11) is 0. The Kier molecular flexibility index (Phi) is 4.47. The summed E-state index contributed by atoms with van der Waals surface area (Å²) < 4.78 is 0. The molecule has 0 saturated heterocycles. The third-order valence-corrected chi connectivity index (χ3v) is 3.68. The third-order valence-electron chi connectivity index (χ3n) is 2.58. The van der Waals surface area contributed by atoms with E-state index in [2.05, 4.69) is 5.32 Å². The first-order valence-corrected chi connectivity index (χ1v) is 6.93. The fraction of sp³-hybridized carbons (Fsp3) is 0.133. The number of benzene rings is 2. The fourth-order valence-electron chi connectivity index (χ4n) is 1.66. The number of carbonyl (C=O) groups excluding carboxylic acids is 1. The van der Waals surface area contributed by atoms with E-state index in [0.717, 1.165) is 9.79 Å². The zero-order valence-electron chi connectivity index (χ0n) is 10.7. The summed E-state index contributed by atoms with van der Waals surface area (Å²) >= 11 is 1.59. The van der Waals surface area contributed by atoms with Crippen LogP contribution in [0.2, 0.25) is 0 Å². The predicted molar refractivity (Wildman–Crippen MR) is 79.4 cm³/mol. The summed E-state index contributed by atoms with van der Waals surface area (Å²) in [5, 5.41) is 2.76. The first kappa shape index (κ1) is 13.5. The summed E-state index contributed by atoms with van der Waals surface area (Å²) in [4.78, 5) is 13.8. The van der Waals surface area contributed by atoms with Gasteiger partial charge in [-0.1, -0.05) is 30.0 Å². The molecular formula is C15H16N2OS. The first-order valence-electron chi connectivity index (χ1n) is 6.11. The summed E-state index contributed by atoms with van der Waals surface area (Å²) in [6.07, 6.45) is 0. The molecule has 0 spiro atoms. The molecule has 19 heavy (non-hydrogen) atoms. The Bertz CT molecular complexity index is 570. The van der Waals surface area contributed by atoms with E-state index in [4.69, 9.17) is 5.73 Å². The standard InChI is InChI=1S/C15H16N2OS/c1-2-17-15(18)11-8-9-14(13(16)10-11)19-12-6-4-3-5-7-12/h3-10H,2,16H2,1H3,(H,17,18). The van der Waals surface area contributed by atoms with E-state index >= 15 is 0 Å². The molecule has 0 unspecified atom stereocenters. The van der Waals surface area contributed by atoms with E-state index in [1.165, 1.54) is 0 Å². The van der Waals surface area contributed by atoms with E-state index in [1.54, 1.807) is 23.9 Å². The molecule has 0 heterocycles. The Morgan fingerprint density at radius 3 is 2.58 bits per heavy atom. The molecule has 0 fully saturated rings. The van der Waals surface area contributed by atoms with Crippen molar-refractivity contribution in [1.29, 1.82) is 0 Å². The predicted octanol–water partition coefficient (Wildman–Crippen LogP) is 3.17. The summed E-state index contributed by atoms with van der Waals surface area (Å²) in [5.41, 5.74) is 7.22. The zero-order valence-corrected chi connectivity index (χ0v) is 11.5. The van der Waals surface area contributed by atoms with Gasteiger partial charge in [0.1, 0.15) is 0 Å². The molecule has 4 heteroatoms. The van der Waals surface area contributed by atoms with Crippen LogP contribution in [0.3, 0.4) is 0 Å². The summed E-state index contributed by atoms with van der Waals surface area (Å²) in [5.74, 6) is -0.0922. The zero-order chi connectivity index (χ0) is 13.7. The lowest BCUT2D eigenvalue weighted by molar-refractivity contribution is 0.0956. The van der Waals surface area contributed by atoms with Crippen molar-refractivity contribution in [3.05, 3.63) is 54.1 Å². The van der Waals surface area contributed by atoms with Crippen LogP contribution in [-0.4, -0.2) is 12.5 Å². The smallest absolute Gasteiger partial charge is 0.251 e. The van der Waals surface area contributed by atoms with E-state index < -0.39 is 0 Å². The van der Waals surface area contributed by atoms with Gasteiger partial charge in [-0.15, -0.1) is 0 Å². The molecule has 2 aromatic carbocycles. The molecule has 0 bridgehead atoms. The molecule has 2 aromatic rings. The van der Waals surface area contributed by atoms with Gasteiger partial charge >= 0.3 is 0 Å². The van der Waals surface area contributed by atoms with Gasteiger partial charge in [-0.05, 0) is 37.3 Å². The Hall–Kier alpha value is -1.94. The molecule has 0 radical (unpaired) electrons. The van der Waals surface area contributed by atoms with E-state index in [9.17, 15) is 4.79 Å². The van der Waals surface area contributed by atoms with Crippen LogP contribution in [0.15, 0.2) is 58.3 Å². The van der Waals surface area contributed by atoms with Gasteiger partial charge in [-0.2, -0.15) is 0 Å². The maximum absolute atomic E-state index is 11.7. The van der Waals surface area contributed by atoms with Crippen LogP contribution in [0.1, 0.15) is 17.3 Å². The van der Waals surface area contributed by atoms with Crippen LogP contribution in [0.4, 0.5) is 5.69 Å². The number of nitrogen functional groups attached to an aromatic ring is 1. The number of nitrogens with one attached hydrogen (secondary N) is 1. The molecule has 98 valence electrons. The minimum absolute atomic E-state index is 0.0922. The number of rotatable bonds is 4. The molecule has 0 saturated carbocycles. The van der Waals surface area contributed by atoms with Crippen LogP contribution in [0.5, 0.6) is 0 Å². The van der Waals surface area contributed by atoms with Crippen molar-refractivity contribution in [3.63, 3.8) is 0 Å². The van der Waals surface area contributed by atoms with Gasteiger partial charge in [0.15, 0.2) is 0 Å². The molecule has 0 aromatic heterocycles. The molecule has 3 N–H and O–H groups in total. The van der Waals surface area contributed by atoms with Crippen molar-refractivity contribution in [2.24, 2.45) is 0 Å². The monoisotopic (exact) mass is 272 g/mol. The maximum Gasteiger partial charge on any atom is 0.251 e. The van der Waals surface area contributed by atoms with Gasteiger partial charge < -0.3 is 11.1 Å². The molecular weight excluding hydrogens is 256 g/mol. The van der Waals surface area contributed by atoms with E-state index in [-0.39, 0.29) is 5.91 Å². The Morgan fingerprint density at radius 2 is 1.95 bits per heavy atom. The molecule has 0 atom stereocenters. The highest BCUT2D eigenvalue weighted by Gasteiger charge is 2.08. The van der Waals surface area contributed by atoms with Crippen LogP contribution in [0.25, 0.3) is 0 Å². The van der Waals surface area contributed by atoms with Crippen LogP contribution < -0.4 is 11.1 Å². The van der Waals surface area contributed by atoms with E-state index in [0.29, 0.717) is 17.8 Å². The minimum atomic E-state index is -0.0922. The number of anilines is 1. The minimum Gasteiger partial charge on any atom is -0.398 e. The highest BCUT2D eigenvalue weighted by molar-refractivity contribution is 7.99. The van der Waals surface area contributed by atoms with Crippen molar-refractivity contribution in [2.45, 2.75) is 16.7 Å². The Balaban J connectivity index is 2.18. The van der Waals surface area contributed by atoms with Crippen molar-refractivity contribution in [3.8, 4) is 0 Å². The van der Waals surface area contributed by atoms with Crippen LogP contribution in [0, 0.1) is 0 Å². The highest BCUT2D eigenvalue weighted by Crippen LogP contribution is 2.32. The van der Waals surface area contributed by atoms with Gasteiger partial charge in [0.05, 0.1) is 0 Å². The first-order chi connectivity index (χ1) is 9.20. The van der Waals surface area contributed by atoms with Gasteiger partial charge in [-0.25, -0.2) is 0 Å². The fourth-order valence-corrected chi connectivity index (χ4v) is 2.52. The second kappa shape index (κ2) is 6.29. The number of amides is 1. The van der Waals surface area contributed by atoms with E-state index in [1.807, 2.05) is 43.3 Å². The number of hydrogen-bond donors (Lipinski definition) is 2. The summed E-state index contributed by atoms with van der Waals surface area (Å²) in [6.45, 7) is 2.50. The van der Waals surface area contributed by atoms with Gasteiger partial charge in [0.25, 0.3) is 5.91 Å². The number of carbonyl (C=O) groups is 1. The normalized spacial score (nSPS) is 10.2. The quantitative estimate of drug-likeness (QED) is 0.841. The lowest BCUT2D eigenvalue weighted by atomic mass is 10.2. The van der Waals surface area contributed by atoms with Gasteiger partial charge in [0.2, 0.25) is 0 Å². The molecule has 0 aliphatic rings. The lowest BCUT2D eigenvalue weighted by Crippen LogP contribution is -2.22. The van der Waals surface area contributed by atoms with Gasteiger partial charge in [-0.3, -0.25) is 4.79 Å². The van der Waals surface area contributed by atoms with Crippen LogP contribution >= 0.6 is 11.8 Å².